The van der Waals surface area contributed by atoms with Gasteiger partial charge in [0, 0.05) is 6.42 Å². The monoisotopic (exact) mass is 1200 g/mol. The SMILES string of the molecule is CCCCC/C=C\C/C=C\C/C=C\CCCCCCCC(O)C(=O)NC(COC1OC(CO)C(O)C(O)C1OC(=O)CCCCCCCCCCCCCCCCCCCCCCCCCCCCC)C(O)/C=C/CCCCCCCCCCC. The third-order valence-electron chi connectivity index (χ3n) is 17.2. The summed E-state index contributed by atoms with van der Waals surface area (Å²) in [7, 11) is 0. The van der Waals surface area contributed by atoms with Crippen LogP contribution in [0.3, 0.4) is 0 Å². The molecule has 0 aliphatic carbocycles. The van der Waals surface area contributed by atoms with Gasteiger partial charge in [0.25, 0.3) is 0 Å². The number of unbranched alkanes of at least 4 members (excludes halogenated alkanes) is 43. The molecule has 0 spiro atoms. The van der Waals surface area contributed by atoms with Crippen LogP contribution in [0.5, 0.6) is 0 Å². The summed E-state index contributed by atoms with van der Waals surface area (Å²) in [6, 6.07) is -1.03. The minimum absolute atomic E-state index is 0.126. The second-order valence-corrected chi connectivity index (χ2v) is 25.3. The summed E-state index contributed by atoms with van der Waals surface area (Å²) < 4.78 is 17.7. The van der Waals surface area contributed by atoms with Gasteiger partial charge in [-0.1, -0.05) is 326 Å². The van der Waals surface area contributed by atoms with Crippen molar-refractivity contribution in [1.29, 1.82) is 0 Å². The quantitative estimate of drug-likeness (QED) is 0.0195. The van der Waals surface area contributed by atoms with Crippen LogP contribution in [-0.4, -0.2) is 99.6 Å². The summed E-state index contributed by atoms with van der Waals surface area (Å²) in [5.41, 5.74) is 0. The Balaban J connectivity index is 2.51. The maximum Gasteiger partial charge on any atom is 0.306 e. The van der Waals surface area contributed by atoms with E-state index < -0.39 is 67.4 Å². The third kappa shape index (κ3) is 49.1. The van der Waals surface area contributed by atoms with Crippen molar-refractivity contribution in [2.45, 2.75) is 397 Å². The average Bonchev–Trinajstić information content (AvgIpc) is 3.51. The van der Waals surface area contributed by atoms with E-state index in [0.29, 0.717) is 12.8 Å². The molecule has 1 aliphatic rings. The highest BCUT2D eigenvalue weighted by Gasteiger charge is 2.47. The molecule has 1 saturated heterocycles. The molecule has 0 aromatic carbocycles. The van der Waals surface area contributed by atoms with E-state index in [1.54, 1.807) is 6.08 Å². The number of carbonyl (C=O) groups excluding carboxylic acids is 2. The van der Waals surface area contributed by atoms with Crippen molar-refractivity contribution < 1.29 is 49.3 Å². The van der Waals surface area contributed by atoms with Crippen LogP contribution in [0.25, 0.3) is 0 Å². The van der Waals surface area contributed by atoms with Gasteiger partial charge in [0.1, 0.15) is 24.4 Å². The van der Waals surface area contributed by atoms with Gasteiger partial charge in [-0.25, -0.2) is 0 Å². The molecular weight excluding hydrogens is 1060 g/mol. The van der Waals surface area contributed by atoms with Crippen LogP contribution in [0, 0.1) is 0 Å². The second kappa shape index (κ2) is 61.8. The van der Waals surface area contributed by atoms with Crippen molar-refractivity contribution in [3.05, 3.63) is 48.6 Å². The summed E-state index contributed by atoms with van der Waals surface area (Å²) in [5.74, 6) is -1.19. The molecule has 498 valence electrons. The second-order valence-electron chi connectivity index (χ2n) is 25.3. The molecule has 11 nitrogen and oxygen atoms in total. The lowest BCUT2D eigenvalue weighted by Gasteiger charge is -2.41. The summed E-state index contributed by atoms with van der Waals surface area (Å²) >= 11 is 0. The van der Waals surface area contributed by atoms with E-state index in [-0.39, 0.29) is 19.4 Å². The van der Waals surface area contributed by atoms with E-state index in [0.717, 1.165) is 83.5 Å². The topological polar surface area (TPSA) is 175 Å². The van der Waals surface area contributed by atoms with E-state index in [1.165, 1.54) is 218 Å². The first-order valence-corrected chi connectivity index (χ1v) is 36.4. The Bertz CT molecular complexity index is 1570. The zero-order valence-electron chi connectivity index (χ0n) is 55.5. The smallest absolute Gasteiger partial charge is 0.306 e. The molecule has 1 heterocycles. The molecule has 8 atom stereocenters. The molecule has 1 aliphatic heterocycles. The molecule has 0 aromatic rings. The number of esters is 1. The number of ether oxygens (including phenoxy) is 3. The van der Waals surface area contributed by atoms with Gasteiger partial charge in [-0.2, -0.15) is 0 Å². The Morgan fingerprint density at radius 3 is 1.24 bits per heavy atom. The van der Waals surface area contributed by atoms with Crippen LogP contribution >= 0.6 is 0 Å². The van der Waals surface area contributed by atoms with Crippen molar-refractivity contribution in [3.8, 4) is 0 Å². The number of aliphatic hydroxyl groups is 5. The minimum Gasteiger partial charge on any atom is -0.454 e. The Labute approximate surface area is 523 Å². The fourth-order valence-electron chi connectivity index (χ4n) is 11.5. The zero-order valence-corrected chi connectivity index (χ0v) is 55.5. The van der Waals surface area contributed by atoms with E-state index in [1.807, 2.05) is 6.08 Å². The largest absolute Gasteiger partial charge is 0.454 e. The Kier molecular flexibility index (Phi) is 58.7. The molecule has 0 saturated carbocycles. The van der Waals surface area contributed by atoms with E-state index in [2.05, 4.69) is 62.5 Å². The Morgan fingerprint density at radius 1 is 0.459 bits per heavy atom. The number of allylic oxidation sites excluding steroid dienone is 7. The lowest BCUT2D eigenvalue weighted by Crippen LogP contribution is -2.61. The number of amides is 1. The number of carbonyl (C=O) groups is 2. The van der Waals surface area contributed by atoms with Gasteiger partial charge in [0.05, 0.1) is 25.4 Å². The normalized spacial score (nSPS) is 18.6. The molecular formula is C74H137NO10. The molecule has 85 heavy (non-hydrogen) atoms. The fraction of sp³-hybridized carbons (Fsp3) is 0.865. The van der Waals surface area contributed by atoms with Crippen molar-refractivity contribution in [2.75, 3.05) is 13.2 Å². The summed E-state index contributed by atoms with van der Waals surface area (Å²) in [6.45, 7) is 5.79. The molecule has 0 aromatic heterocycles. The maximum atomic E-state index is 13.5. The summed E-state index contributed by atoms with van der Waals surface area (Å²) in [5, 5.41) is 57.2. The first-order chi connectivity index (χ1) is 41.7. The van der Waals surface area contributed by atoms with Gasteiger partial charge in [-0.3, -0.25) is 9.59 Å². The fourth-order valence-corrected chi connectivity index (χ4v) is 11.5. The van der Waals surface area contributed by atoms with Gasteiger partial charge >= 0.3 is 5.97 Å². The molecule has 1 rings (SSSR count). The maximum absolute atomic E-state index is 13.5. The van der Waals surface area contributed by atoms with E-state index in [4.69, 9.17) is 14.2 Å². The Hall–Kier alpha value is -2.38. The molecule has 6 N–H and O–H groups in total. The number of hydrogen-bond donors (Lipinski definition) is 6. The minimum atomic E-state index is -1.61. The zero-order chi connectivity index (χ0) is 61.7. The molecule has 0 bridgehead atoms. The lowest BCUT2D eigenvalue weighted by molar-refractivity contribution is -0.305. The van der Waals surface area contributed by atoms with Crippen LogP contribution in [0.4, 0.5) is 0 Å². The van der Waals surface area contributed by atoms with Gasteiger partial charge in [0.15, 0.2) is 12.4 Å². The highest BCUT2D eigenvalue weighted by Crippen LogP contribution is 2.26. The third-order valence-corrected chi connectivity index (χ3v) is 17.2. The number of rotatable bonds is 63. The first-order valence-electron chi connectivity index (χ1n) is 36.4. The summed E-state index contributed by atoms with van der Waals surface area (Å²) in [4.78, 5) is 26.7. The van der Waals surface area contributed by atoms with Crippen LogP contribution < -0.4 is 5.32 Å². The van der Waals surface area contributed by atoms with Gasteiger partial charge in [-0.05, 0) is 64.2 Å². The highest BCUT2D eigenvalue weighted by molar-refractivity contribution is 5.80. The van der Waals surface area contributed by atoms with Gasteiger partial charge in [-0.15, -0.1) is 0 Å². The number of nitrogens with one attached hydrogen (secondary N) is 1. The molecule has 1 amide bonds. The molecule has 0 radical (unpaired) electrons. The first kappa shape index (κ1) is 80.6. The molecule has 11 heteroatoms. The van der Waals surface area contributed by atoms with Crippen LogP contribution in [0.2, 0.25) is 0 Å². The summed E-state index contributed by atoms with van der Waals surface area (Å²) in [6.07, 6.45) is 67.4. The molecule has 1 fully saturated rings. The Morgan fingerprint density at radius 2 is 0.812 bits per heavy atom. The number of hydrogen-bond acceptors (Lipinski definition) is 10. The predicted octanol–water partition coefficient (Wildman–Crippen LogP) is 18.7. The highest BCUT2D eigenvalue weighted by atomic mass is 16.7. The van der Waals surface area contributed by atoms with Crippen LogP contribution in [0.15, 0.2) is 48.6 Å². The van der Waals surface area contributed by atoms with Crippen molar-refractivity contribution in [1.82, 2.24) is 5.32 Å². The predicted molar refractivity (Wildman–Crippen MR) is 357 cm³/mol. The lowest BCUT2D eigenvalue weighted by atomic mass is 9.99. The van der Waals surface area contributed by atoms with Crippen molar-refractivity contribution in [2.24, 2.45) is 0 Å². The van der Waals surface area contributed by atoms with Crippen LogP contribution in [0.1, 0.15) is 348 Å². The van der Waals surface area contributed by atoms with Crippen molar-refractivity contribution >= 4 is 11.9 Å². The van der Waals surface area contributed by atoms with Gasteiger partial charge in [0.2, 0.25) is 5.91 Å². The standard InChI is InChI=1S/C74H137NO10/c1-4-7-10-13-16-19-22-24-26-28-30-31-32-33-34-35-36-37-38-40-42-44-47-50-53-56-59-62-69(79)85-72-71(81)70(80)68(63-76)84-74(72)83-64-65(66(77)60-57-54-51-48-45-21-18-15-12-9-6-3)75-73(82)67(78)61-58-55-52-49-46-43-41-39-29-27-25-23-20-17-14-11-8-5-2/h17,20,25,27,39,41,57,60,65-68,70-72,74,76-78,80-81H,4-16,18-19,21-24,26,28-38,40,42-56,58-59,61-64H2,1-3H3,(H,75,82)/b20-17-,27-25-,41-39-,60-57+. The van der Waals surface area contributed by atoms with E-state index >= 15 is 0 Å². The number of aliphatic hydroxyl groups excluding tert-OH is 5. The van der Waals surface area contributed by atoms with E-state index in [9.17, 15) is 35.1 Å². The van der Waals surface area contributed by atoms with Crippen LogP contribution in [-0.2, 0) is 23.8 Å². The molecule has 8 unspecified atom stereocenters. The average molecular weight is 1200 g/mol. The van der Waals surface area contributed by atoms with Gasteiger partial charge < -0.3 is 45.1 Å². The van der Waals surface area contributed by atoms with Crippen molar-refractivity contribution in [3.63, 3.8) is 0 Å².